The Morgan fingerprint density at radius 2 is 1.05 bits per heavy atom. The van der Waals surface area contributed by atoms with Gasteiger partial charge in [-0.2, -0.15) is 0 Å². The monoisotopic (exact) mass is 499 g/mol. The van der Waals surface area contributed by atoms with Gasteiger partial charge in [0.2, 0.25) is 0 Å². The van der Waals surface area contributed by atoms with Crippen LogP contribution in [0, 0.1) is 0 Å². The summed E-state index contributed by atoms with van der Waals surface area (Å²) in [4.78, 5) is 0. The molecule has 0 fully saturated rings. The second-order valence-corrected chi connectivity index (χ2v) is 10.1. The van der Waals surface area contributed by atoms with E-state index >= 15 is 0 Å². The van der Waals surface area contributed by atoms with E-state index in [1.54, 1.807) is 0 Å². The predicted molar refractivity (Wildman–Crippen MR) is 161 cm³/mol. The third-order valence-corrected chi connectivity index (χ3v) is 7.99. The lowest BCUT2D eigenvalue weighted by molar-refractivity contribution is 0.668. The predicted octanol–water partition coefficient (Wildman–Crippen LogP) is 10.2. The van der Waals surface area contributed by atoms with Gasteiger partial charge in [-0.3, -0.25) is 0 Å². The Balaban J connectivity index is 1.31. The molecule has 3 heterocycles. The molecule has 9 rings (SSSR count). The zero-order chi connectivity index (χ0) is 25.5. The van der Waals surface area contributed by atoms with Crippen molar-refractivity contribution in [3.05, 3.63) is 127 Å². The molecule has 39 heavy (non-hydrogen) atoms. The Hall–Kier alpha value is -5.28. The SMILES string of the molecule is c1cc(-c2ccc3oc4ccccc4c3c2)cc(-n2c3ccccc3c3c4c(ccc32)oc2ccccc24)c1. The molecule has 0 unspecified atom stereocenters. The van der Waals surface area contributed by atoms with Gasteiger partial charge in [-0.1, -0.05) is 72.8 Å². The number of fused-ring (bicyclic) bond motifs is 10. The van der Waals surface area contributed by atoms with Gasteiger partial charge >= 0.3 is 0 Å². The van der Waals surface area contributed by atoms with Crippen molar-refractivity contribution in [1.82, 2.24) is 4.57 Å². The lowest BCUT2D eigenvalue weighted by Crippen LogP contribution is -1.94. The highest BCUT2D eigenvalue weighted by atomic mass is 16.3. The molecule has 0 radical (unpaired) electrons. The molecule has 0 saturated heterocycles. The lowest BCUT2D eigenvalue weighted by Gasteiger charge is -2.10. The zero-order valence-electron chi connectivity index (χ0n) is 20.9. The molecule has 3 heteroatoms. The van der Waals surface area contributed by atoms with Gasteiger partial charge in [-0.15, -0.1) is 0 Å². The van der Waals surface area contributed by atoms with Crippen LogP contribution in [0.4, 0.5) is 0 Å². The van der Waals surface area contributed by atoms with Crippen LogP contribution in [0.5, 0.6) is 0 Å². The number of benzene rings is 6. The number of hydrogen-bond donors (Lipinski definition) is 0. The van der Waals surface area contributed by atoms with Gasteiger partial charge in [0.05, 0.1) is 11.0 Å². The van der Waals surface area contributed by atoms with Crippen LogP contribution in [0.2, 0.25) is 0 Å². The van der Waals surface area contributed by atoms with Crippen LogP contribution in [-0.2, 0) is 0 Å². The highest BCUT2D eigenvalue weighted by Crippen LogP contribution is 2.41. The minimum atomic E-state index is 0.912. The Bertz CT molecular complexity index is 2400. The molecule has 0 aliphatic rings. The Labute approximate surface area is 223 Å². The van der Waals surface area contributed by atoms with Gasteiger partial charge in [0.15, 0.2) is 0 Å². The average Bonchev–Trinajstić information content (AvgIpc) is 3.66. The Morgan fingerprint density at radius 3 is 1.95 bits per heavy atom. The molecule has 0 aliphatic heterocycles. The van der Waals surface area contributed by atoms with Crippen molar-refractivity contribution >= 4 is 65.7 Å². The van der Waals surface area contributed by atoms with Crippen molar-refractivity contribution in [3.8, 4) is 16.8 Å². The zero-order valence-corrected chi connectivity index (χ0v) is 20.9. The van der Waals surface area contributed by atoms with Crippen LogP contribution in [0.15, 0.2) is 136 Å². The van der Waals surface area contributed by atoms with Crippen LogP contribution in [0.3, 0.4) is 0 Å². The molecular formula is C36H21NO2. The highest BCUT2D eigenvalue weighted by Gasteiger charge is 2.18. The first-order valence-electron chi connectivity index (χ1n) is 13.2. The summed E-state index contributed by atoms with van der Waals surface area (Å²) >= 11 is 0. The summed E-state index contributed by atoms with van der Waals surface area (Å²) in [6.45, 7) is 0. The topological polar surface area (TPSA) is 31.2 Å². The van der Waals surface area contributed by atoms with Crippen molar-refractivity contribution < 1.29 is 8.83 Å². The molecular weight excluding hydrogens is 478 g/mol. The first-order valence-corrected chi connectivity index (χ1v) is 13.2. The van der Waals surface area contributed by atoms with Crippen LogP contribution in [0.1, 0.15) is 0 Å². The molecule has 0 bridgehead atoms. The van der Waals surface area contributed by atoms with E-state index in [1.807, 2.05) is 24.3 Å². The summed E-state index contributed by atoms with van der Waals surface area (Å²) in [5.41, 5.74) is 9.48. The summed E-state index contributed by atoms with van der Waals surface area (Å²) in [6.07, 6.45) is 0. The first kappa shape index (κ1) is 20.7. The summed E-state index contributed by atoms with van der Waals surface area (Å²) in [6, 6.07) is 44.8. The fourth-order valence-electron chi connectivity index (χ4n) is 6.28. The van der Waals surface area contributed by atoms with E-state index in [9.17, 15) is 0 Å². The second-order valence-electron chi connectivity index (χ2n) is 10.1. The average molecular weight is 500 g/mol. The maximum atomic E-state index is 6.24. The fraction of sp³-hybridized carbons (Fsp3) is 0. The Kier molecular flexibility index (Phi) is 4.05. The van der Waals surface area contributed by atoms with E-state index in [-0.39, 0.29) is 0 Å². The molecule has 3 nitrogen and oxygen atoms in total. The van der Waals surface area contributed by atoms with Gasteiger partial charge in [0, 0.05) is 38.0 Å². The van der Waals surface area contributed by atoms with Crippen molar-refractivity contribution in [2.45, 2.75) is 0 Å². The maximum absolute atomic E-state index is 6.24. The van der Waals surface area contributed by atoms with Crippen LogP contribution >= 0.6 is 0 Å². The van der Waals surface area contributed by atoms with Gasteiger partial charge < -0.3 is 13.4 Å². The van der Waals surface area contributed by atoms with E-state index in [1.165, 1.54) is 38.3 Å². The van der Waals surface area contributed by atoms with Gasteiger partial charge in [-0.25, -0.2) is 0 Å². The fourth-order valence-corrected chi connectivity index (χ4v) is 6.28. The number of para-hydroxylation sites is 3. The van der Waals surface area contributed by atoms with E-state index < -0.39 is 0 Å². The summed E-state index contributed by atoms with van der Waals surface area (Å²) in [7, 11) is 0. The summed E-state index contributed by atoms with van der Waals surface area (Å²) in [5, 5.41) is 7.05. The minimum absolute atomic E-state index is 0.912. The van der Waals surface area contributed by atoms with Crippen molar-refractivity contribution in [2.24, 2.45) is 0 Å². The molecule has 6 aromatic carbocycles. The largest absolute Gasteiger partial charge is 0.456 e. The molecule has 0 N–H and O–H groups in total. The molecule has 182 valence electrons. The van der Waals surface area contributed by atoms with Crippen molar-refractivity contribution in [3.63, 3.8) is 0 Å². The van der Waals surface area contributed by atoms with E-state index in [4.69, 9.17) is 8.83 Å². The van der Waals surface area contributed by atoms with Crippen LogP contribution in [-0.4, -0.2) is 4.57 Å². The normalized spacial score (nSPS) is 12.1. The van der Waals surface area contributed by atoms with E-state index in [0.29, 0.717) is 0 Å². The standard InChI is InChI=1S/C36H21NO2/c1-4-13-29-26(11-1)35-30(17-19-34-36(35)27-12-3-6-15-32(27)39-34)37(29)24-9-7-8-22(20-24)23-16-18-33-28(21-23)25-10-2-5-14-31(25)38-33/h1-21H. The number of hydrogen-bond acceptors (Lipinski definition) is 2. The smallest absolute Gasteiger partial charge is 0.136 e. The molecule has 0 atom stereocenters. The third-order valence-electron chi connectivity index (χ3n) is 7.99. The number of aromatic nitrogens is 1. The summed E-state index contributed by atoms with van der Waals surface area (Å²) < 4.78 is 14.7. The Morgan fingerprint density at radius 1 is 0.385 bits per heavy atom. The molecule has 0 aliphatic carbocycles. The molecule has 0 spiro atoms. The molecule has 0 saturated carbocycles. The second kappa shape index (κ2) is 7.62. The number of nitrogens with zero attached hydrogens (tertiary/aromatic N) is 1. The number of rotatable bonds is 2. The molecule has 9 aromatic rings. The minimum Gasteiger partial charge on any atom is -0.456 e. The van der Waals surface area contributed by atoms with Gasteiger partial charge in [0.25, 0.3) is 0 Å². The van der Waals surface area contributed by atoms with Crippen LogP contribution < -0.4 is 0 Å². The van der Waals surface area contributed by atoms with Crippen molar-refractivity contribution in [2.75, 3.05) is 0 Å². The third kappa shape index (κ3) is 2.87. The molecule has 3 aromatic heterocycles. The number of furan rings is 2. The van der Waals surface area contributed by atoms with E-state index in [2.05, 4.69) is 108 Å². The van der Waals surface area contributed by atoms with Gasteiger partial charge in [-0.05, 0) is 65.7 Å². The van der Waals surface area contributed by atoms with Crippen molar-refractivity contribution in [1.29, 1.82) is 0 Å². The highest BCUT2D eigenvalue weighted by molar-refractivity contribution is 6.27. The molecule has 0 amide bonds. The first-order chi connectivity index (χ1) is 19.3. The quantitative estimate of drug-likeness (QED) is 0.237. The maximum Gasteiger partial charge on any atom is 0.136 e. The van der Waals surface area contributed by atoms with Crippen LogP contribution in [0.25, 0.3) is 82.5 Å². The lowest BCUT2D eigenvalue weighted by atomic mass is 10.0. The van der Waals surface area contributed by atoms with Gasteiger partial charge in [0.1, 0.15) is 22.3 Å². The summed E-state index contributed by atoms with van der Waals surface area (Å²) in [5.74, 6) is 0. The van der Waals surface area contributed by atoms with E-state index in [0.717, 1.165) is 44.2 Å².